The zero-order valence-electron chi connectivity index (χ0n) is 13.1. The molecule has 22 heavy (non-hydrogen) atoms. The number of carbonyl (C=O) groups is 2. The van der Waals surface area contributed by atoms with Gasteiger partial charge in [-0.3, -0.25) is 9.69 Å². The number of hydrogen-bond acceptors (Lipinski definition) is 3. The molecule has 0 spiro atoms. The molecule has 1 aliphatic heterocycles. The summed E-state index contributed by atoms with van der Waals surface area (Å²) in [5.41, 5.74) is -0.824. The van der Waals surface area contributed by atoms with Crippen LogP contribution in [0.15, 0.2) is 24.3 Å². The molecule has 1 saturated heterocycles. The fourth-order valence-corrected chi connectivity index (χ4v) is 2.90. The maximum atomic E-state index is 12.4. The van der Waals surface area contributed by atoms with Gasteiger partial charge in [-0.2, -0.15) is 0 Å². The van der Waals surface area contributed by atoms with E-state index in [0.29, 0.717) is 23.1 Å². The quantitative estimate of drug-likeness (QED) is 0.818. The Kier molecular flexibility index (Phi) is 4.96. The highest BCUT2D eigenvalue weighted by molar-refractivity contribution is 6.32. The van der Waals surface area contributed by atoms with Gasteiger partial charge in [-0.25, -0.2) is 4.79 Å². The molecule has 120 valence electrons. The zero-order chi connectivity index (χ0) is 16.3. The summed E-state index contributed by atoms with van der Waals surface area (Å²) < 4.78 is 5.54. The van der Waals surface area contributed by atoms with Crippen LogP contribution in [0.4, 0.5) is 4.79 Å². The molecular weight excluding hydrogens is 304 g/mol. The van der Waals surface area contributed by atoms with Gasteiger partial charge in [0.1, 0.15) is 17.9 Å². The van der Waals surface area contributed by atoms with Gasteiger partial charge in [0, 0.05) is 0 Å². The molecule has 0 radical (unpaired) electrons. The number of imide groups is 1. The van der Waals surface area contributed by atoms with Crippen LogP contribution in [0.1, 0.15) is 27.2 Å². The van der Waals surface area contributed by atoms with Crippen molar-refractivity contribution in [2.24, 2.45) is 5.92 Å². The number of rotatable bonds is 6. The Morgan fingerprint density at radius 3 is 2.64 bits per heavy atom. The molecule has 3 amide bonds. The first kappa shape index (κ1) is 16.6. The molecule has 1 atom stereocenters. The Morgan fingerprint density at radius 2 is 2.00 bits per heavy atom. The summed E-state index contributed by atoms with van der Waals surface area (Å²) in [6.45, 7) is 6.22. The molecule has 0 aromatic heterocycles. The van der Waals surface area contributed by atoms with E-state index < -0.39 is 5.54 Å². The van der Waals surface area contributed by atoms with E-state index in [2.05, 4.69) is 5.32 Å². The monoisotopic (exact) mass is 324 g/mol. The van der Waals surface area contributed by atoms with Crippen LogP contribution in [0.25, 0.3) is 0 Å². The predicted octanol–water partition coefficient (Wildman–Crippen LogP) is 3.08. The van der Waals surface area contributed by atoms with Gasteiger partial charge in [0.25, 0.3) is 5.91 Å². The predicted molar refractivity (Wildman–Crippen MR) is 85.1 cm³/mol. The molecule has 1 unspecified atom stereocenters. The van der Waals surface area contributed by atoms with Crippen LogP contribution in [0, 0.1) is 5.92 Å². The molecule has 2 rings (SSSR count). The Hall–Kier alpha value is -1.75. The van der Waals surface area contributed by atoms with E-state index in [4.69, 9.17) is 16.3 Å². The van der Waals surface area contributed by atoms with Crippen LogP contribution in [-0.4, -0.2) is 35.5 Å². The molecule has 1 aromatic rings. The molecule has 0 bridgehead atoms. The van der Waals surface area contributed by atoms with Crippen molar-refractivity contribution in [3.05, 3.63) is 29.3 Å². The maximum Gasteiger partial charge on any atom is 0.325 e. The minimum absolute atomic E-state index is 0.198. The third-order valence-corrected chi connectivity index (χ3v) is 3.88. The third-order valence-electron chi connectivity index (χ3n) is 3.57. The van der Waals surface area contributed by atoms with Crippen LogP contribution in [0.2, 0.25) is 5.02 Å². The van der Waals surface area contributed by atoms with Gasteiger partial charge in [-0.15, -0.1) is 0 Å². The van der Waals surface area contributed by atoms with E-state index in [1.807, 2.05) is 26.0 Å². The first-order valence-corrected chi connectivity index (χ1v) is 7.73. The maximum absolute atomic E-state index is 12.4. The summed E-state index contributed by atoms with van der Waals surface area (Å²) in [5, 5.41) is 3.28. The van der Waals surface area contributed by atoms with Crippen molar-refractivity contribution in [1.29, 1.82) is 0 Å². The Bertz CT molecular complexity index is 576. The smallest absolute Gasteiger partial charge is 0.325 e. The summed E-state index contributed by atoms with van der Waals surface area (Å²) in [6, 6.07) is 6.73. The number of hydrogen-bond donors (Lipinski definition) is 1. The number of para-hydroxylation sites is 1. The van der Waals surface area contributed by atoms with Gasteiger partial charge in [-0.1, -0.05) is 37.6 Å². The summed E-state index contributed by atoms with van der Waals surface area (Å²) in [4.78, 5) is 25.7. The Morgan fingerprint density at radius 1 is 1.32 bits per heavy atom. The van der Waals surface area contributed by atoms with E-state index in [1.165, 1.54) is 4.90 Å². The second kappa shape index (κ2) is 6.57. The largest absolute Gasteiger partial charge is 0.490 e. The Labute approximate surface area is 135 Å². The highest BCUT2D eigenvalue weighted by Gasteiger charge is 2.47. The van der Waals surface area contributed by atoms with Crippen LogP contribution in [-0.2, 0) is 4.79 Å². The normalized spacial score (nSPS) is 21.4. The number of halogens is 1. The molecular formula is C16H21ClN2O3. The molecule has 1 aliphatic rings. The van der Waals surface area contributed by atoms with E-state index in [0.717, 1.165) is 0 Å². The lowest BCUT2D eigenvalue weighted by molar-refractivity contribution is -0.131. The molecule has 5 nitrogen and oxygen atoms in total. The summed E-state index contributed by atoms with van der Waals surface area (Å²) in [7, 11) is 0. The van der Waals surface area contributed by atoms with Crippen LogP contribution < -0.4 is 10.1 Å². The SMILES string of the molecule is CC(C)CC1(C)NC(=O)N(CCOc2ccccc2Cl)C1=O. The molecule has 0 saturated carbocycles. The molecule has 1 N–H and O–H groups in total. The summed E-state index contributed by atoms with van der Waals surface area (Å²) in [5.74, 6) is 0.656. The van der Waals surface area contributed by atoms with Gasteiger partial charge in [0.2, 0.25) is 0 Å². The van der Waals surface area contributed by atoms with Crippen LogP contribution in [0.5, 0.6) is 5.75 Å². The lowest BCUT2D eigenvalue weighted by Crippen LogP contribution is -2.45. The van der Waals surface area contributed by atoms with Gasteiger partial charge in [0.15, 0.2) is 0 Å². The molecule has 0 aliphatic carbocycles. The second-order valence-electron chi connectivity index (χ2n) is 6.10. The number of benzene rings is 1. The highest BCUT2D eigenvalue weighted by atomic mass is 35.5. The topological polar surface area (TPSA) is 58.6 Å². The van der Waals surface area contributed by atoms with Crippen molar-refractivity contribution in [2.45, 2.75) is 32.7 Å². The lowest BCUT2D eigenvalue weighted by Gasteiger charge is -2.23. The van der Waals surface area contributed by atoms with E-state index in [-0.39, 0.29) is 25.1 Å². The standard InChI is InChI=1S/C16H21ClN2O3/c1-11(2)10-16(3)14(20)19(15(21)18-16)8-9-22-13-7-5-4-6-12(13)17/h4-7,11H,8-10H2,1-3H3,(H,18,21). The van der Waals surface area contributed by atoms with E-state index in [9.17, 15) is 9.59 Å². The van der Waals surface area contributed by atoms with Gasteiger partial charge >= 0.3 is 6.03 Å². The van der Waals surface area contributed by atoms with Crippen molar-refractivity contribution in [1.82, 2.24) is 10.2 Å². The lowest BCUT2D eigenvalue weighted by atomic mass is 9.91. The molecule has 1 heterocycles. The van der Waals surface area contributed by atoms with Crippen molar-refractivity contribution >= 4 is 23.5 Å². The Balaban J connectivity index is 1.94. The van der Waals surface area contributed by atoms with Crippen LogP contribution >= 0.6 is 11.6 Å². The van der Waals surface area contributed by atoms with Gasteiger partial charge in [-0.05, 0) is 31.4 Å². The van der Waals surface area contributed by atoms with Gasteiger partial charge in [0.05, 0.1) is 11.6 Å². The number of amides is 3. The molecule has 1 aromatic carbocycles. The fraction of sp³-hybridized carbons (Fsp3) is 0.500. The van der Waals surface area contributed by atoms with Crippen molar-refractivity contribution < 1.29 is 14.3 Å². The minimum atomic E-state index is -0.824. The number of urea groups is 1. The molecule has 6 heteroatoms. The molecule has 1 fully saturated rings. The first-order chi connectivity index (χ1) is 10.3. The van der Waals surface area contributed by atoms with E-state index >= 15 is 0 Å². The average Bonchev–Trinajstić information content (AvgIpc) is 2.63. The number of carbonyl (C=O) groups excluding carboxylic acids is 2. The first-order valence-electron chi connectivity index (χ1n) is 7.35. The van der Waals surface area contributed by atoms with E-state index in [1.54, 1.807) is 19.1 Å². The number of nitrogens with zero attached hydrogens (tertiary/aromatic N) is 1. The van der Waals surface area contributed by atoms with Crippen molar-refractivity contribution in [3.63, 3.8) is 0 Å². The third kappa shape index (κ3) is 3.53. The zero-order valence-corrected chi connectivity index (χ0v) is 13.8. The highest BCUT2D eigenvalue weighted by Crippen LogP contribution is 2.26. The van der Waals surface area contributed by atoms with Crippen molar-refractivity contribution in [2.75, 3.05) is 13.2 Å². The van der Waals surface area contributed by atoms with Crippen molar-refractivity contribution in [3.8, 4) is 5.75 Å². The van der Waals surface area contributed by atoms with Crippen LogP contribution in [0.3, 0.4) is 0 Å². The van der Waals surface area contributed by atoms with Gasteiger partial charge < -0.3 is 10.1 Å². The summed E-state index contributed by atoms with van der Waals surface area (Å²) >= 11 is 5.99. The fourth-order valence-electron chi connectivity index (χ4n) is 2.71. The number of ether oxygens (including phenoxy) is 1. The summed E-state index contributed by atoms with van der Waals surface area (Å²) in [6.07, 6.45) is 0.611. The second-order valence-corrected chi connectivity index (χ2v) is 6.50. The minimum Gasteiger partial charge on any atom is -0.490 e. The average molecular weight is 325 g/mol. The number of nitrogens with one attached hydrogen (secondary N) is 1.